The molecule has 1 unspecified atom stereocenters. The van der Waals surface area contributed by atoms with Gasteiger partial charge in [-0.1, -0.05) is 18.2 Å². The quantitative estimate of drug-likeness (QED) is 0.918. The number of nitrogens with zero attached hydrogens (tertiary/aromatic N) is 1. The molecule has 5 heteroatoms. The van der Waals surface area contributed by atoms with Gasteiger partial charge in [-0.15, -0.1) is 0 Å². The number of rotatable bonds is 3. The van der Waals surface area contributed by atoms with Gasteiger partial charge in [-0.05, 0) is 17.7 Å². The fraction of sp³-hybridized carbons (Fsp3) is 0.250. The molecule has 5 nitrogen and oxygen atoms in total. The van der Waals surface area contributed by atoms with Crippen LogP contribution in [0.15, 0.2) is 47.4 Å². The van der Waals surface area contributed by atoms with Gasteiger partial charge >= 0.3 is 0 Å². The number of carbonyl (C=O) groups excluding carboxylic acids is 1. The fourth-order valence-corrected chi connectivity index (χ4v) is 2.37. The Kier molecular flexibility index (Phi) is 3.48. The van der Waals surface area contributed by atoms with Crippen molar-refractivity contribution in [3.63, 3.8) is 0 Å². The summed E-state index contributed by atoms with van der Waals surface area (Å²) in [6, 6.07) is 10.8. The number of benzene rings is 1. The van der Waals surface area contributed by atoms with E-state index in [4.69, 9.17) is 4.74 Å². The van der Waals surface area contributed by atoms with Gasteiger partial charge in [0, 0.05) is 31.3 Å². The molecule has 108 valence electrons. The number of ether oxygens (including phenoxy) is 1. The highest BCUT2D eigenvalue weighted by molar-refractivity contribution is 5.93. The van der Waals surface area contributed by atoms with E-state index in [0.29, 0.717) is 12.1 Å². The number of para-hydroxylation sites is 1. The van der Waals surface area contributed by atoms with Crippen molar-refractivity contribution in [2.24, 2.45) is 7.05 Å². The summed E-state index contributed by atoms with van der Waals surface area (Å²) in [4.78, 5) is 23.5. The topological polar surface area (TPSA) is 60.3 Å². The number of hydrogen-bond donors (Lipinski definition) is 1. The van der Waals surface area contributed by atoms with Crippen molar-refractivity contribution >= 4 is 5.91 Å². The zero-order chi connectivity index (χ0) is 14.8. The Hall–Kier alpha value is -2.56. The summed E-state index contributed by atoms with van der Waals surface area (Å²) in [5.74, 6) is 0.623. The van der Waals surface area contributed by atoms with Crippen molar-refractivity contribution in [1.29, 1.82) is 0 Å². The molecular weight excluding hydrogens is 268 g/mol. The number of amides is 1. The van der Waals surface area contributed by atoms with E-state index in [2.05, 4.69) is 5.32 Å². The second kappa shape index (κ2) is 5.44. The third-order valence-electron chi connectivity index (χ3n) is 3.57. The smallest absolute Gasteiger partial charge is 0.251 e. The molecule has 0 saturated heterocycles. The lowest BCUT2D eigenvalue weighted by Crippen LogP contribution is -2.35. The van der Waals surface area contributed by atoms with Gasteiger partial charge in [-0.2, -0.15) is 0 Å². The summed E-state index contributed by atoms with van der Waals surface area (Å²) in [6.45, 7) is 0.419. The van der Waals surface area contributed by atoms with Crippen LogP contribution in [0.2, 0.25) is 0 Å². The predicted octanol–water partition coefficient (Wildman–Crippen LogP) is 1.12. The average Bonchev–Trinajstić information content (AvgIpc) is 2.90. The molecule has 2 heterocycles. The highest BCUT2D eigenvalue weighted by atomic mass is 16.5. The van der Waals surface area contributed by atoms with Gasteiger partial charge in [-0.3, -0.25) is 9.59 Å². The Balaban J connectivity index is 1.60. The van der Waals surface area contributed by atoms with E-state index in [0.717, 1.165) is 17.7 Å². The molecule has 2 aromatic rings. The number of pyridine rings is 1. The molecule has 0 bridgehead atoms. The lowest BCUT2D eigenvalue weighted by Gasteiger charge is -2.12. The minimum Gasteiger partial charge on any atom is -0.488 e. The van der Waals surface area contributed by atoms with Crippen molar-refractivity contribution in [2.75, 3.05) is 6.54 Å². The third kappa shape index (κ3) is 2.81. The maximum absolute atomic E-state index is 12.0. The first-order valence-corrected chi connectivity index (χ1v) is 6.83. The van der Waals surface area contributed by atoms with Crippen LogP contribution in [0.1, 0.15) is 15.9 Å². The minimum absolute atomic E-state index is 0.0575. The lowest BCUT2D eigenvalue weighted by molar-refractivity contribution is 0.0933. The monoisotopic (exact) mass is 284 g/mol. The number of nitrogens with one attached hydrogen (secondary N) is 1. The molecule has 1 atom stereocenters. The zero-order valence-electron chi connectivity index (χ0n) is 11.7. The second-order valence-electron chi connectivity index (χ2n) is 5.13. The molecule has 0 aliphatic carbocycles. The van der Waals surface area contributed by atoms with Crippen molar-refractivity contribution in [2.45, 2.75) is 12.5 Å². The van der Waals surface area contributed by atoms with Crippen LogP contribution in [0.5, 0.6) is 5.75 Å². The molecule has 0 fully saturated rings. The van der Waals surface area contributed by atoms with Gasteiger partial charge in [0.15, 0.2) is 0 Å². The molecule has 1 aromatic heterocycles. The average molecular weight is 284 g/mol. The van der Waals surface area contributed by atoms with E-state index in [1.807, 2.05) is 24.3 Å². The van der Waals surface area contributed by atoms with Crippen LogP contribution in [0, 0.1) is 0 Å². The van der Waals surface area contributed by atoms with Crippen molar-refractivity contribution in [3.05, 3.63) is 64.1 Å². The molecule has 3 rings (SSSR count). The van der Waals surface area contributed by atoms with E-state index in [-0.39, 0.29) is 17.6 Å². The van der Waals surface area contributed by atoms with Crippen molar-refractivity contribution in [3.8, 4) is 5.75 Å². The maximum atomic E-state index is 12.0. The molecule has 0 radical (unpaired) electrons. The van der Waals surface area contributed by atoms with Crippen LogP contribution in [0.4, 0.5) is 0 Å². The fourth-order valence-electron chi connectivity index (χ4n) is 2.37. The molecule has 0 spiro atoms. The summed E-state index contributed by atoms with van der Waals surface area (Å²) in [5.41, 5.74) is 1.33. The van der Waals surface area contributed by atoms with Crippen LogP contribution in [0.3, 0.4) is 0 Å². The molecule has 1 aromatic carbocycles. The van der Waals surface area contributed by atoms with Gasteiger partial charge in [0.1, 0.15) is 11.9 Å². The minimum atomic E-state index is -0.257. The molecule has 1 aliphatic rings. The van der Waals surface area contributed by atoms with Crippen molar-refractivity contribution in [1.82, 2.24) is 9.88 Å². The first-order valence-electron chi connectivity index (χ1n) is 6.83. The maximum Gasteiger partial charge on any atom is 0.251 e. The number of fused-ring (bicyclic) bond motifs is 1. The predicted molar refractivity (Wildman–Crippen MR) is 78.6 cm³/mol. The summed E-state index contributed by atoms with van der Waals surface area (Å²) in [7, 11) is 1.65. The van der Waals surface area contributed by atoms with E-state index in [9.17, 15) is 9.59 Å². The Labute approximate surface area is 122 Å². The Morgan fingerprint density at radius 3 is 2.95 bits per heavy atom. The van der Waals surface area contributed by atoms with E-state index in [1.54, 1.807) is 19.3 Å². The van der Waals surface area contributed by atoms with Crippen LogP contribution >= 0.6 is 0 Å². The Morgan fingerprint density at radius 1 is 1.38 bits per heavy atom. The second-order valence-corrected chi connectivity index (χ2v) is 5.13. The van der Waals surface area contributed by atoms with Crippen molar-refractivity contribution < 1.29 is 9.53 Å². The zero-order valence-corrected chi connectivity index (χ0v) is 11.7. The van der Waals surface area contributed by atoms with Gasteiger partial charge in [0.05, 0.1) is 6.54 Å². The highest BCUT2D eigenvalue weighted by Crippen LogP contribution is 2.27. The largest absolute Gasteiger partial charge is 0.488 e. The Morgan fingerprint density at radius 2 is 2.19 bits per heavy atom. The number of carbonyl (C=O) groups is 1. The van der Waals surface area contributed by atoms with E-state index in [1.165, 1.54) is 10.6 Å². The SMILES string of the molecule is Cn1ccc(C(=O)NCC2Cc3ccccc3O2)cc1=O. The van der Waals surface area contributed by atoms with Gasteiger partial charge in [-0.25, -0.2) is 0 Å². The van der Waals surface area contributed by atoms with Crippen LogP contribution in [0.25, 0.3) is 0 Å². The normalized spacial score (nSPS) is 16.1. The van der Waals surface area contributed by atoms with Crippen LogP contribution < -0.4 is 15.6 Å². The summed E-state index contributed by atoms with van der Waals surface area (Å²) < 4.78 is 7.18. The molecular formula is C16H16N2O3. The first-order chi connectivity index (χ1) is 10.1. The van der Waals surface area contributed by atoms with Crippen LogP contribution in [-0.2, 0) is 13.5 Å². The molecule has 1 amide bonds. The number of aryl methyl sites for hydroxylation is 1. The Bertz CT molecular complexity index is 711. The van der Waals surface area contributed by atoms with Gasteiger partial charge in [0.2, 0.25) is 0 Å². The van der Waals surface area contributed by atoms with Gasteiger partial charge < -0.3 is 14.6 Å². The third-order valence-corrected chi connectivity index (χ3v) is 3.57. The molecule has 21 heavy (non-hydrogen) atoms. The highest BCUT2D eigenvalue weighted by Gasteiger charge is 2.22. The number of aromatic nitrogens is 1. The summed E-state index contributed by atoms with van der Waals surface area (Å²) in [5, 5.41) is 2.81. The van der Waals surface area contributed by atoms with E-state index < -0.39 is 0 Å². The molecule has 1 N–H and O–H groups in total. The van der Waals surface area contributed by atoms with Crippen LogP contribution in [-0.4, -0.2) is 23.1 Å². The molecule has 1 aliphatic heterocycles. The molecule has 0 saturated carbocycles. The van der Waals surface area contributed by atoms with Gasteiger partial charge in [0.25, 0.3) is 11.5 Å². The van der Waals surface area contributed by atoms with E-state index >= 15 is 0 Å². The standard InChI is InChI=1S/C16H16N2O3/c1-18-7-6-12(9-15(18)19)16(20)17-10-13-8-11-4-2-3-5-14(11)21-13/h2-7,9,13H,8,10H2,1H3,(H,17,20). The lowest BCUT2D eigenvalue weighted by atomic mass is 10.1. The first kappa shape index (κ1) is 13.4. The number of hydrogen-bond acceptors (Lipinski definition) is 3. The summed E-state index contributed by atoms with van der Waals surface area (Å²) >= 11 is 0. The summed E-state index contributed by atoms with van der Waals surface area (Å²) in [6.07, 6.45) is 2.31.